The molecule has 3 heterocycles. The van der Waals surface area contributed by atoms with Crippen LogP contribution in [0.25, 0.3) is 11.0 Å². The second kappa shape index (κ2) is 6.88. The zero-order valence-electron chi connectivity index (χ0n) is 15.4. The van der Waals surface area contributed by atoms with Gasteiger partial charge in [0.2, 0.25) is 0 Å². The van der Waals surface area contributed by atoms with Crippen molar-refractivity contribution in [2.75, 3.05) is 19.0 Å². The fourth-order valence-electron chi connectivity index (χ4n) is 3.58. The average Bonchev–Trinajstić information content (AvgIpc) is 2.96. The van der Waals surface area contributed by atoms with Gasteiger partial charge >= 0.3 is 5.63 Å². The highest BCUT2D eigenvalue weighted by molar-refractivity contribution is 5.80. The monoisotopic (exact) mass is 377 g/mol. The van der Waals surface area contributed by atoms with Crippen molar-refractivity contribution in [1.29, 1.82) is 0 Å². The van der Waals surface area contributed by atoms with Crippen LogP contribution < -0.4 is 10.9 Å². The second-order valence-electron chi connectivity index (χ2n) is 7.22. The van der Waals surface area contributed by atoms with E-state index in [4.69, 9.17) is 23.4 Å². The SMILES string of the molecule is CO[C@H]1OC(CNc2ccc3ccc(=O)oc3c2)[C@@H](O)[C@@H]2OC(C)(C)OC12. The predicted molar refractivity (Wildman–Crippen MR) is 96.5 cm³/mol. The minimum Gasteiger partial charge on any atom is -0.423 e. The summed E-state index contributed by atoms with van der Waals surface area (Å²) in [7, 11) is 1.53. The molecular formula is C19H23NO7. The quantitative estimate of drug-likeness (QED) is 0.773. The van der Waals surface area contributed by atoms with Crippen molar-refractivity contribution >= 4 is 16.7 Å². The minimum absolute atomic E-state index is 0.316. The highest BCUT2D eigenvalue weighted by Gasteiger charge is 2.55. The lowest BCUT2D eigenvalue weighted by Gasteiger charge is -2.39. The molecule has 0 spiro atoms. The van der Waals surface area contributed by atoms with Crippen LogP contribution in [0, 0.1) is 0 Å². The van der Waals surface area contributed by atoms with Crippen LogP contribution in [0.5, 0.6) is 0 Å². The molecule has 4 rings (SSSR count). The lowest BCUT2D eigenvalue weighted by Crippen LogP contribution is -2.58. The number of methoxy groups -OCH3 is 1. The van der Waals surface area contributed by atoms with E-state index in [-0.39, 0.29) is 0 Å². The van der Waals surface area contributed by atoms with E-state index in [9.17, 15) is 9.90 Å². The Labute approximate surface area is 156 Å². The van der Waals surface area contributed by atoms with E-state index in [0.29, 0.717) is 12.1 Å². The third-order valence-electron chi connectivity index (χ3n) is 4.82. The maximum absolute atomic E-state index is 11.4. The van der Waals surface area contributed by atoms with Gasteiger partial charge in [-0.1, -0.05) is 0 Å². The molecule has 0 saturated carbocycles. The van der Waals surface area contributed by atoms with Gasteiger partial charge in [0, 0.05) is 36.9 Å². The number of benzene rings is 1. The molecule has 1 aromatic carbocycles. The Morgan fingerprint density at radius 1 is 1.19 bits per heavy atom. The zero-order valence-corrected chi connectivity index (χ0v) is 15.4. The van der Waals surface area contributed by atoms with Crippen LogP contribution in [0.3, 0.4) is 0 Å². The van der Waals surface area contributed by atoms with Crippen molar-refractivity contribution in [2.24, 2.45) is 0 Å². The molecular weight excluding hydrogens is 354 g/mol. The molecule has 0 bridgehead atoms. The van der Waals surface area contributed by atoms with Gasteiger partial charge in [0.15, 0.2) is 12.1 Å². The van der Waals surface area contributed by atoms with Crippen molar-refractivity contribution in [2.45, 2.75) is 50.3 Å². The highest BCUT2D eigenvalue weighted by atomic mass is 16.8. The van der Waals surface area contributed by atoms with Gasteiger partial charge in [0.1, 0.15) is 30.0 Å². The van der Waals surface area contributed by atoms with Crippen molar-refractivity contribution in [3.05, 3.63) is 40.8 Å². The molecule has 2 saturated heterocycles. The van der Waals surface area contributed by atoms with Gasteiger partial charge < -0.3 is 33.8 Å². The van der Waals surface area contributed by atoms with Crippen molar-refractivity contribution in [3.63, 3.8) is 0 Å². The highest BCUT2D eigenvalue weighted by Crippen LogP contribution is 2.37. The Hall–Kier alpha value is -1.97. The van der Waals surface area contributed by atoms with Crippen LogP contribution in [-0.4, -0.2) is 55.3 Å². The second-order valence-corrected chi connectivity index (χ2v) is 7.22. The molecule has 0 aliphatic carbocycles. The lowest BCUT2D eigenvalue weighted by atomic mass is 9.99. The summed E-state index contributed by atoms with van der Waals surface area (Å²) in [6.45, 7) is 3.90. The van der Waals surface area contributed by atoms with Crippen molar-refractivity contribution in [3.8, 4) is 0 Å². The summed E-state index contributed by atoms with van der Waals surface area (Å²) in [6, 6.07) is 8.55. The number of rotatable bonds is 4. The molecule has 8 heteroatoms. The molecule has 8 nitrogen and oxygen atoms in total. The summed E-state index contributed by atoms with van der Waals surface area (Å²) in [5, 5.41) is 14.7. The number of nitrogens with one attached hydrogen (secondary N) is 1. The van der Waals surface area contributed by atoms with Crippen LogP contribution in [0.2, 0.25) is 0 Å². The Morgan fingerprint density at radius 2 is 1.93 bits per heavy atom. The number of aliphatic hydroxyl groups is 1. The van der Waals surface area contributed by atoms with Gasteiger partial charge in [-0.3, -0.25) is 0 Å². The smallest absolute Gasteiger partial charge is 0.336 e. The number of hydrogen-bond acceptors (Lipinski definition) is 8. The largest absolute Gasteiger partial charge is 0.423 e. The normalized spacial score (nSPS) is 32.4. The first-order chi connectivity index (χ1) is 12.9. The Balaban J connectivity index is 1.48. The van der Waals surface area contributed by atoms with E-state index in [2.05, 4.69) is 5.32 Å². The molecule has 1 aromatic heterocycles. The number of anilines is 1. The molecule has 2 N–H and O–H groups in total. The van der Waals surface area contributed by atoms with Crippen molar-refractivity contribution in [1.82, 2.24) is 0 Å². The summed E-state index contributed by atoms with van der Waals surface area (Å²) < 4.78 is 28.1. The molecule has 2 aliphatic heterocycles. The Bertz CT molecular complexity index is 880. The van der Waals surface area contributed by atoms with Gasteiger partial charge in [-0.2, -0.15) is 0 Å². The van der Waals surface area contributed by atoms with Crippen LogP contribution in [-0.2, 0) is 18.9 Å². The molecule has 146 valence electrons. The molecule has 27 heavy (non-hydrogen) atoms. The molecule has 2 aliphatic rings. The first-order valence-corrected chi connectivity index (χ1v) is 8.86. The third-order valence-corrected chi connectivity index (χ3v) is 4.82. The molecule has 2 fully saturated rings. The summed E-state index contributed by atoms with van der Waals surface area (Å²) in [5.41, 5.74) is 0.829. The van der Waals surface area contributed by atoms with Gasteiger partial charge in [-0.15, -0.1) is 0 Å². The fourth-order valence-corrected chi connectivity index (χ4v) is 3.58. The number of hydrogen-bond donors (Lipinski definition) is 2. The van der Waals surface area contributed by atoms with Gasteiger partial charge in [-0.25, -0.2) is 4.79 Å². The fraction of sp³-hybridized carbons (Fsp3) is 0.526. The Kier molecular flexibility index (Phi) is 4.69. The van der Waals surface area contributed by atoms with E-state index in [1.54, 1.807) is 26.0 Å². The molecule has 0 radical (unpaired) electrons. The van der Waals surface area contributed by atoms with Gasteiger partial charge in [-0.05, 0) is 32.0 Å². The topological polar surface area (TPSA) is 99.4 Å². The van der Waals surface area contributed by atoms with Crippen molar-refractivity contribution < 1.29 is 28.5 Å². The maximum Gasteiger partial charge on any atom is 0.336 e. The van der Waals surface area contributed by atoms with E-state index >= 15 is 0 Å². The van der Waals surface area contributed by atoms with Gasteiger partial charge in [0.25, 0.3) is 0 Å². The van der Waals surface area contributed by atoms with E-state index in [0.717, 1.165) is 11.1 Å². The zero-order chi connectivity index (χ0) is 19.2. The third kappa shape index (κ3) is 3.59. The lowest BCUT2D eigenvalue weighted by molar-refractivity contribution is -0.263. The van der Waals surface area contributed by atoms with Crippen LogP contribution in [0.4, 0.5) is 5.69 Å². The number of aliphatic hydroxyl groups excluding tert-OH is 1. The minimum atomic E-state index is -0.880. The summed E-state index contributed by atoms with van der Waals surface area (Å²) >= 11 is 0. The van der Waals surface area contributed by atoms with Crippen LogP contribution in [0.15, 0.2) is 39.5 Å². The van der Waals surface area contributed by atoms with E-state index in [1.165, 1.54) is 13.2 Å². The van der Waals surface area contributed by atoms with Crippen LogP contribution >= 0.6 is 0 Å². The number of fused-ring (bicyclic) bond motifs is 2. The molecule has 2 aromatic rings. The predicted octanol–water partition coefficient (Wildman–Crippen LogP) is 1.46. The summed E-state index contributed by atoms with van der Waals surface area (Å²) in [6.07, 6.45) is -3.12. The molecule has 0 amide bonds. The summed E-state index contributed by atoms with van der Waals surface area (Å²) in [4.78, 5) is 11.4. The molecule has 2 unspecified atom stereocenters. The van der Waals surface area contributed by atoms with Crippen LogP contribution in [0.1, 0.15) is 13.8 Å². The summed E-state index contributed by atoms with van der Waals surface area (Å²) in [5.74, 6) is -0.811. The first-order valence-electron chi connectivity index (χ1n) is 8.86. The first kappa shape index (κ1) is 18.4. The van der Waals surface area contributed by atoms with E-state index in [1.807, 2.05) is 12.1 Å². The molecule has 5 atom stereocenters. The Morgan fingerprint density at radius 3 is 2.70 bits per heavy atom. The average molecular weight is 377 g/mol. The van der Waals surface area contributed by atoms with E-state index < -0.39 is 42.1 Å². The van der Waals surface area contributed by atoms with Gasteiger partial charge in [0.05, 0.1) is 0 Å². The number of ether oxygens (including phenoxy) is 4. The maximum atomic E-state index is 11.4. The standard InChI is InChI=1S/C19H23NO7/c1-19(2)26-16-15(22)13(25-18(23-3)17(16)27-19)9-20-11-6-4-10-5-7-14(21)24-12(10)8-11/h4-8,13,15-18,20,22H,9H2,1-3H3/t13?,15-,16+,17?,18+/m1/s1.